The van der Waals surface area contributed by atoms with Crippen LogP contribution in [0.15, 0.2) is 48.5 Å². The summed E-state index contributed by atoms with van der Waals surface area (Å²) >= 11 is 0. The normalized spacial score (nSPS) is 20.1. The Balaban J connectivity index is 1.52. The van der Waals surface area contributed by atoms with Gasteiger partial charge in [0, 0.05) is 29.6 Å². The fraction of sp³-hybridized carbons (Fsp3) is 0.320. The third kappa shape index (κ3) is 2.99. The first-order valence-electron chi connectivity index (χ1n) is 11.0. The number of urea groups is 1. The van der Waals surface area contributed by atoms with E-state index in [0.717, 1.165) is 22.2 Å². The zero-order valence-electron chi connectivity index (χ0n) is 18.4. The first-order chi connectivity index (χ1) is 15.4. The molecule has 1 fully saturated rings. The number of imide groups is 1. The van der Waals surface area contributed by atoms with Gasteiger partial charge in [0.05, 0.1) is 17.3 Å². The number of para-hydroxylation sites is 2. The minimum Gasteiger partial charge on any atom is -0.356 e. The summed E-state index contributed by atoms with van der Waals surface area (Å²) in [5, 5.41) is 3.97. The van der Waals surface area contributed by atoms with Crippen LogP contribution in [0, 0.1) is 5.92 Å². The number of carbonyl (C=O) groups is 3. The van der Waals surface area contributed by atoms with Crippen molar-refractivity contribution in [2.24, 2.45) is 5.92 Å². The zero-order valence-corrected chi connectivity index (χ0v) is 18.4. The van der Waals surface area contributed by atoms with E-state index in [1.165, 1.54) is 4.90 Å². The first kappa shape index (κ1) is 20.3. The Morgan fingerprint density at radius 3 is 2.62 bits per heavy atom. The van der Waals surface area contributed by atoms with Crippen LogP contribution in [0.2, 0.25) is 0 Å². The molecule has 2 atom stereocenters. The molecule has 2 unspecified atom stereocenters. The molecule has 3 heterocycles. The standard InChI is InChI=1S/C25H26N4O3/c1-14(2)13-26-23(30)17-9-5-7-11-20(17)29-24(31)21-12-18-16-8-4-6-10-19(16)27-22(18)15(3)28(21)25(29)32/h4-11,14-15,21,27H,12-13H2,1-3H3,(H,26,30). The third-order valence-electron chi connectivity index (χ3n) is 6.39. The van der Waals surface area contributed by atoms with Crippen molar-refractivity contribution < 1.29 is 14.4 Å². The van der Waals surface area contributed by atoms with Gasteiger partial charge in [0.2, 0.25) is 0 Å². The molecule has 2 aliphatic rings. The smallest absolute Gasteiger partial charge is 0.332 e. The van der Waals surface area contributed by atoms with Crippen LogP contribution >= 0.6 is 0 Å². The van der Waals surface area contributed by atoms with Gasteiger partial charge in [-0.05, 0) is 36.6 Å². The number of rotatable bonds is 4. The second-order valence-corrected chi connectivity index (χ2v) is 8.94. The first-order valence-corrected chi connectivity index (χ1v) is 11.0. The predicted molar refractivity (Wildman–Crippen MR) is 123 cm³/mol. The van der Waals surface area contributed by atoms with Gasteiger partial charge in [-0.25, -0.2) is 9.69 Å². The highest BCUT2D eigenvalue weighted by molar-refractivity contribution is 6.24. The van der Waals surface area contributed by atoms with Gasteiger partial charge < -0.3 is 15.2 Å². The average Bonchev–Trinajstić information content (AvgIpc) is 3.28. The number of nitrogens with one attached hydrogen (secondary N) is 2. The van der Waals surface area contributed by atoms with Crippen molar-refractivity contribution in [2.45, 2.75) is 39.3 Å². The molecular formula is C25H26N4O3. The molecule has 0 spiro atoms. The maximum absolute atomic E-state index is 13.5. The monoisotopic (exact) mass is 430 g/mol. The van der Waals surface area contributed by atoms with Gasteiger partial charge >= 0.3 is 6.03 Å². The van der Waals surface area contributed by atoms with Crippen LogP contribution in [-0.2, 0) is 11.2 Å². The Kier molecular flexibility index (Phi) is 4.77. The zero-order chi connectivity index (χ0) is 22.6. The topological polar surface area (TPSA) is 85.5 Å². The van der Waals surface area contributed by atoms with Crippen molar-refractivity contribution >= 4 is 34.4 Å². The third-order valence-corrected chi connectivity index (χ3v) is 6.39. The summed E-state index contributed by atoms with van der Waals surface area (Å²) in [6, 6.07) is 13.5. The summed E-state index contributed by atoms with van der Waals surface area (Å²) in [5.74, 6) is -0.286. The van der Waals surface area contributed by atoms with Gasteiger partial charge in [-0.3, -0.25) is 9.59 Å². The number of fused-ring (bicyclic) bond motifs is 4. The van der Waals surface area contributed by atoms with E-state index in [0.29, 0.717) is 30.1 Å². The van der Waals surface area contributed by atoms with Crippen molar-refractivity contribution in [3.05, 3.63) is 65.4 Å². The second kappa shape index (κ2) is 7.51. The molecule has 0 radical (unpaired) electrons. The maximum atomic E-state index is 13.5. The molecule has 7 nitrogen and oxygen atoms in total. The Morgan fingerprint density at radius 2 is 1.84 bits per heavy atom. The van der Waals surface area contributed by atoms with E-state index in [1.54, 1.807) is 29.2 Å². The molecule has 1 saturated heterocycles. The lowest BCUT2D eigenvalue weighted by atomic mass is 9.93. The summed E-state index contributed by atoms with van der Waals surface area (Å²) in [7, 11) is 0. The Bertz CT molecular complexity index is 1240. The van der Waals surface area contributed by atoms with E-state index in [2.05, 4.69) is 10.3 Å². The number of nitrogens with zero attached hydrogens (tertiary/aromatic N) is 2. The number of anilines is 1. The molecule has 32 heavy (non-hydrogen) atoms. The van der Waals surface area contributed by atoms with Crippen LogP contribution in [0.25, 0.3) is 10.9 Å². The number of carbonyl (C=O) groups excluding carboxylic acids is 3. The molecule has 5 rings (SSSR count). The lowest BCUT2D eigenvalue weighted by molar-refractivity contribution is -0.120. The summed E-state index contributed by atoms with van der Waals surface area (Å²) in [6.45, 7) is 6.48. The Hall–Kier alpha value is -3.61. The van der Waals surface area contributed by atoms with Crippen molar-refractivity contribution in [3.8, 4) is 0 Å². The van der Waals surface area contributed by atoms with Crippen LogP contribution in [0.5, 0.6) is 0 Å². The van der Waals surface area contributed by atoms with Gasteiger partial charge in [0.15, 0.2) is 0 Å². The average molecular weight is 431 g/mol. The fourth-order valence-corrected chi connectivity index (χ4v) is 4.84. The van der Waals surface area contributed by atoms with Gasteiger partial charge in [0.25, 0.3) is 11.8 Å². The molecule has 2 N–H and O–H groups in total. The van der Waals surface area contributed by atoms with Crippen molar-refractivity contribution in [2.75, 3.05) is 11.4 Å². The quantitative estimate of drug-likeness (QED) is 0.614. The summed E-state index contributed by atoms with van der Waals surface area (Å²) < 4.78 is 0. The van der Waals surface area contributed by atoms with Crippen molar-refractivity contribution in [1.82, 2.24) is 15.2 Å². The Morgan fingerprint density at radius 1 is 1.12 bits per heavy atom. The van der Waals surface area contributed by atoms with E-state index in [-0.39, 0.29) is 23.9 Å². The predicted octanol–water partition coefficient (Wildman–Crippen LogP) is 4.01. The van der Waals surface area contributed by atoms with E-state index in [9.17, 15) is 14.4 Å². The summed E-state index contributed by atoms with van der Waals surface area (Å²) in [6.07, 6.45) is 0.451. The molecule has 0 aliphatic carbocycles. The highest BCUT2D eigenvalue weighted by Crippen LogP contribution is 2.42. The largest absolute Gasteiger partial charge is 0.356 e. The minimum atomic E-state index is -0.587. The lowest BCUT2D eigenvalue weighted by Crippen LogP contribution is -2.42. The second-order valence-electron chi connectivity index (χ2n) is 8.94. The summed E-state index contributed by atoms with van der Waals surface area (Å²) in [4.78, 5) is 46.1. The van der Waals surface area contributed by atoms with Crippen LogP contribution in [0.1, 0.15) is 48.4 Å². The molecular weight excluding hydrogens is 404 g/mol. The number of benzene rings is 2. The number of aromatic nitrogens is 1. The van der Waals surface area contributed by atoms with Crippen molar-refractivity contribution in [1.29, 1.82) is 0 Å². The molecule has 2 aliphatic heterocycles. The molecule has 2 aromatic carbocycles. The summed E-state index contributed by atoms with van der Waals surface area (Å²) in [5.41, 5.74) is 3.72. The molecule has 1 aromatic heterocycles. The Labute approximate surface area is 186 Å². The maximum Gasteiger partial charge on any atom is 0.332 e. The number of aromatic amines is 1. The van der Waals surface area contributed by atoms with E-state index in [1.807, 2.05) is 45.0 Å². The van der Waals surface area contributed by atoms with Crippen LogP contribution in [0.4, 0.5) is 10.5 Å². The number of amides is 4. The number of H-pyrrole nitrogens is 1. The van der Waals surface area contributed by atoms with Crippen LogP contribution in [0.3, 0.4) is 0 Å². The van der Waals surface area contributed by atoms with Gasteiger partial charge in [0.1, 0.15) is 6.04 Å². The van der Waals surface area contributed by atoms with Gasteiger partial charge in [-0.1, -0.05) is 44.2 Å². The molecule has 0 saturated carbocycles. The van der Waals surface area contributed by atoms with Gasteiger partial charge in [-0.2, -0.15) is 0 Å². The van der Waals surface area contributed by atoms with E-state index < -0.39 is 6.04 Å². The SMILES string of the molecule is CC(C)CNC(=O)c1ccccc1N1C(=O)C2Cc3c([nH]c4ccccc34)C(C)N2C1=O. The van der Waals surface area contributed by atoms with Crippen LogP contribution in [-0.4, -0.2) is 40.3 Å². The molecule has 7 heteroatoms. The highest BCUT2D eigenvalue weighted by Gasteiger charge is 2.52. The fourth-order valence-electron chi connectivity index (χ4n) is 4.84. The number of hydrogen-bond donors (Lipinski definition) is 2. The number of hydrogen-bond acceptors (Lipinski definition) is 3. The highest BCUT2D eigenvalue weighted by atomic mass is 16.2. The van der Waals surface area contributed by atoms with Crippen LogP contribution < -0.4 is 10.2 Å². The van der Waals surface area contributed by atoms with Crippen molar-refractivity contribution in [3.63, 3.8) is 0 Å². The molecule has 3 aromatic rings. The minimum absolute atomic E-state index is 0.278. The molecule has 164 valence electrons. The van der Waals surface area contributed by atoms with E-state index in [4.69, 9.17) is 0 Å². The van der Waals surface area contributed by atoms with E-state index >= 15 is 0 Å². The molecule has 4 amide bonds. The van der Waals surface area contributed by atoms with Gasteiger partial charge in [-0.15, -0.1) is 0 Å². The lowest BCUT2D eigenvalue weighted by Gasteiger charge is -2.33. The molecule has 0 bridgehead atoms.